The van der Waals surface area contributed by atoms with Gasteiger partial charge in [-0.1, -0.05) is 18.2 Å². The second kappa shape index (κ2) is 5.77. The molecular formula is C15H21NO4S. The minimum absolute atomic E-state index is 0.209. The zero-order valence-electron chi connectivity index (χ0n) is 12.6. The van der Waals surface area contributed by atoms with Gasteiger partial charge in [0.05, 0.1) is 4.90 Å². The van der Waals surface area contributed by atoms with E-state index >= 15 is 0 Å². The van der Waals surface area contributed by atoms with Crippen molar-refractivity contribution < 1.29 is 17.9 Å². The number of benzene rings is 1. The van der Waals surface area contributed by atoms with Gasteiger partial charge in [0.1, 0.15) is 11.6 Å². The minimum atomic E-state index is -3.66. The molecule has 0 aromatic heterocycles. The van der Waals surface area contributed by atoms with Crippen LogP contribution in [-0.2, 0) is 19.6 Å². The van der Waals surface area contributed by atoms with Crippen LogP contribution in [0.4, 0.5) is 0 Å². The maximum atomic E-state index is 12.6. The summed E-state index contributed by atoms with van der Waals surface area (Å²) >= 11 is 0. The number of rotatable bonds is 3. The lowest BCUT2D eigenvalue weighted by atomic mass is 10.2. The summed E-state index contributed by atoms with van der Waals surface area (Å²) in [5.74, 6) is -0.473. The summed E-state index contributed by atoms with van der Waals surface area (Å²) in [7, 11) is -3.66. The van der Waals surface area contributed by atoms with Gasteiger partial charge in [-0.3, -0.25) is 4.79 Å². The number of carbonyl (C=O) groups excluding carboxylic acids is 1. The summed E-state index contributed by atoms with van der Waals surface area (Å²) in [6, 6.07) is 7.46. The van der Waals surface area contributed by atoms with Crippen molar-refractivity contribution in [2.24, 2.45) is 0 Å². The number of ether oxygens (including phenoxy) is 1. The van der Waals surface area contributed by atoms with E-state index in [1.165, 1.54) is 4.31 Å². The molecule has 0 N–H and O–H groups in total. The van der Waals surface area contributed by atoms with E-state index in [0.717, 1.165) is 0 Å². The summed E-state index contributed by atoms with van der Waals surface area (Å²) in [6.45, 7) is 5.67. The van der Waals surface area contributed by atoms with E-state index in [9.17, 15) is 13.2 Å². The maximum absolute atomic E-state index is 12.6. The zero-order valence-corrected chi connectivity index (χ0v) is 13.4. The zero-order chi connectivity index (χ0) is 15.7. The summed E-state index contributed by atoms with van der Waals surface area (Å²) in [5, 5.41) is 0. The van der Waals surface area contributed by atoms with Gasteiger partial charge in [0, 0.05) is 6.54 Å². The monoisotopic (exact) mass is 311 g/mol. The first-order chi connectivity index (χ1) is 9.72. The van der Waals surface area contributed by atoms with E-state index < -0.39 is 27.6 Å². The predicted octanol–water partition coefficient (Wildman–Crippen LogP) is 2.18. The van der Waals surface area contributed by atoms with Crippen LogP contribution in [-0.4, -0.2) is 36.9 Å². The molecule has 1 fully saturated rings. The van der Waals surface area contributed by atoms with Crippen molar-refractivity contribution in [2.45, 2.75) is 50.2 Å². The normalized spacial score (nSPS) is 20.4. The summed E-state index contributed by atoms with van der Waals surface area (Å²) in [4.78, 5) is 12.4. The second-order valence-electron chi connectivity index (χ2n) is 6.12. The Balaban J connectivity index is 2.25. The van der Waals surface area contributed by atoms with Gasteiger partial charge in [0.25, 0.3) is 0 Å². The molecule has 2 rings (SSSR count). The van der Waals surface area contributed by atoms with Crippen LogP contribution in [0, 0.1) is 0 Å². The number of esters is 1. The van der Waals surface area contributed by atoms with Crippen molar-refractivity contribution in [3.05, 3.63) is 30.3 Å². The molecule has 5 nitrogen and oxygen atoms in total. The fourth-order valence-electron chi connectivity index (χ4n) is 2.36. The third-order valence-electron chi connectivity index (χ3n) is 3.23. The Morgan fingerprint density at radius 3 is 2.43 bits per heavy atom. The minimum Gasteiger partial charge on any atom is -0.459 e. The maximum Gasteiger partial charge on any atom is 0.324 e. The van der Waals surface area contributed by atoms with E-state index in [2.05, 4.69) is 0 Å². The third kappa shape index (κ3) is 3.63. The summed E-state index contributed by atoms with van der Waals surface area (Å²) < 4.78 is 31.9. The van der Waals surface area contributed by atoms with Gasteiger partial charge in [-0.05, 0) is 45.7 Å². The lowest BCUT2D eigenvalue weighted by Gasteiger charge is -2.27. The lowest BCUT2D eigenvalue weighted by Crippen LogP contribution is -2.43. The second-order valence-corrected chi connectivity index (χ2v) is 8.01. The Bertz CT molecular complexity index is 604. The SMILES string of the molecule is CC(C)(C)OC(=O)[C@@H]1CCCN1S(=O)(=O)c1ccccc1. The first-order valence-electron chi connectivity index (χ1n) is 7.01. The number of hydrogen-bond donors (Lipinski definition) is 0. The van der Waals surface area contributed by atoms with E-state index in [4.69, 9.17) is 4.74 Å². The Kier molecular flexibility index (Phi) is 4.39. The van der Waals surface area contributed by atoms with E-state index in [1.807, 2.05) is 0 Å². The number of sulfonamides is 1. The molecule has 0 aliphatic carbocycles. The van der Waals surface area contributed by atoms with Crippen LogP contribution in [0.3, 0.4) is 0 Å². The molecule has 1 aromatic carbocycles. The highest BCUT2D eigenvalue weighted by Crippen LogP contribution is 2.27. The van der Waals surface area contributed by atoms with Gasteiger partial charge >= 0.3 is 5.97 Å². The highest BCUT2D eigenvalue weighted by molar-refractivity contribution is 7.89. The molecule has 0 radical (unpaired) electrons. The first kappa shape index (κ1) is 16.0. The van der Waals surface area contributed by atoms with Gasteiger partial charge < -0.3 is 4.74 Å². The molecule has 0 unspecified atom stereocenters. The van der Waals surface area contributed by atoms with Crippen LogP contribution >= 0.6 is 0 Å². The molecule has 0 bridgehead atoms. The van der Waals surface area contributed by atoms with Crippen LogP contribution in [0.1, 0.15) is 33.6 Å². The van der Waals surface area contributed by atoms with E-state index in [1.54, 1.807) is 51.1 Å². The highest BCUT2D eigenvalue weighted by Gasteiger charge is 2.41. The standard InChI is InChI=1S/C15H21NO4S/c1-15(2,3)20-14(17)13-10-7-11-16(13)21(18,19)12-8-5-4-6-9-12/h4-6,8-9,13H,7,10-11H2,1-3H3/t13-/m0/s1. The molecule has 0 amide bonds. The number of carbonyl (C=O) groups is 1. The van der Waals surface area contributed by atoms with Crippen LogP contribution in [0.25, 0.3) is 0 Å². The molecule has 21 heavy (non-hydrogen) atoms. The molecule has 1 aliphatic heterocycles. The van der Waals surface area contributed by atoms with Gasteiger partial charge in [-0.25, -0.2) is 8.42 Å². The third-order valence-corrected chi connectivity index (χ3v) is 5.15. The highest BCUT2D eigenvalue weighted by atomic mass is 32.2. The molecule has 0 saturated carbocycles. The van der Waals surface area contributed by atoms with Crippen molar-refractivity contribution >= 4 is 16.0 Å². The molecule has 116 valence electrons. The largest absolute Gasteiger partial charge is 0.459 e. The Labute approximate surface area is 126 Å². The molecular weight excluding hydrogens is 290 g/mol. The van der Waals surface area contributed by atoms with Crippen LogP contribution in [0.2, 0.25) is 0 Å². The fourth-order valence-corrected chi connectivity index (χ4v) is 4.03. The van der Waals surface area contributed by atoms with Gasteiger partial charge in [0.2, 0.25) is 10.0 Å². The Morgan fingerprint density at radius 1 is 1.24 bits per heavy atom. The van der Waals surface area contributed by atoms with Crippen LogP contribution in [0.15, 0.2) is 35.2 Å². The molecule has 6 heteroatoms. The quantitative estimate of drug-likeness (QED) is 0.803. The molecule has 1 aliphatic rings. The number of hydrogen-bond acceptors (Lipinski definition) is 4. The average Bonchev–Trinajstić information content (AvgIpc) is 2.88. The van der Waals surface area contributed by atoms with Crippen molar-refractivity contribution in [3.8, 4) is 0 Å². The van der Waals surface area contributed by atoms with Crippen molar-refractivity contribution in [1.29, 1.82) is 0 Å². The molecule has 0 spiro atoms. The lowest BCUT2D eigenvalue weighted by molar-refractivity contribution is -0.158. The van der Waals surface area contributed by atoms with Gasteiger partial charge in [-0.2, -0.15) is 4.31 Å². The molecule has 1 aromatic rings. The van der Waals surface area contributed by atoms with Crippen molar-refractivity contribution in [3.63, 3.8) is 0 Å². The van der Waals surface area contributed by atoms with Crippen molar-refractivity contribution in [1.82, 2.24) is 4.31 Å². The van der Waals surface area contributed by atoms with Crippen molar-refractivity contribution in [2.75, 3.05) is 6.54 Å². The van der Waals surface area contributed by atoms with Crippen LogP contribution in [0.5, 0.6) is 0 Å². The predicted molar refractivity (Wildman–Crippen MR) is 79.2 cm³/mol. The molecule has 1 heterocycles. The smallest absolute Gasteiger partial charge is 0.324 e. The topological polar surface area (TPSA) is 63.7 Å². The summed E-state index contributed by atoms with van der Waals surface area (Å²) in [6.07, 6.45) is 1.16. The molecule has 1 saturated heterocycles. The Morgan fingerprint density at radius 2 is 1.86 bits per heavy atom. The molecule has 1 atom stereocenters. The Hall–Kier alpha value is -1.40. The average molecular weight is 311 g/mol. The van der Waals surface area contributed by atoms with Gasteiger partial charge in [-0.15, -0.1) is 0 Å². The number of nitrogens with zero attached hydrogens (tertiary/aromatic N) is 1. The first-order valence-corrected chi connectivity index (χ1v) is 8.45. The van der Waals surface area contributed by atoms with E-state index in [-0.39, 0.29) is 4.90 Å². The van der Waals surface area contributed by atoms with E-state index in [0.29, 0.717) is 19.4 Å². The fraction of sp³-hybridized carbons (Fsp3) is 0.533. The van der Waals surface area contributed by atoms with Gasteiger partial charge in [0.15, 0.2) is 0 Å². The summed E-state index contributed by atoms with van der Waals surface area (Å²) in [5.41, 5.74) is -0.623. The van der Waals surface area contributed by atoms with Crippen LogP contribution < -0.4 is 0 Å².